The highest BCUT2D eigenvalue weighted by atomic mass is 16.6. The van der Waals surface area contributed by atoms with Crippen LogP contribution >= 0.6 is 0 Å². The number of aromatic nitrogens is 3. The number of hydrogen-bond donors (Lipinski definition) is 0. The summed E-state index contributed by atoms with van der Waals surface area (Å²) in [5, 5.41) is 0. The summed E-state index contributed by atoms with van der Waals surface area (Å²) >= 11 is 0. The van der Waals surface area contributed by atoms with Crippen molar-refractivity contribution in [3.8, 4) is 28.6 Å². The summed E-state index contributed by atoms with van der Waals surface area (Å²) in [7, 11) is 4.06. The summed E-state index contributed by atoms with van der Waals surface area (Å²) in [4.78, 5) is 11.5. The highest BCUT2D eigenvalue weighted by Gasteiger charge is 2.18. The lowest BCUT2D eigenvalue weighted by atomic mass is 10.1. The zero-order valence-electron chi connectivity index (χ0n) is 15.8. The van der Waals surface area contributed by atoms with Gasteiger partial charge in [-0.25, -0.2) is 9.97 Å². The number of ether oxygens (including phenoxy) is 2. The van der Waals surface area contributed by atoms with Gasteiger partial charge in [0.25, 0.3) is 0 Å². The van der Waals surface area contributed by atoms with E-state index in [1.54, 1.807) is 6.20 Å². The van der Waals surface area contributed by atoms with Gasteiger partial charge in [-0.2, -0.15) is 0 Å². The lowest BCUT2D eigenvalue weighted by Crippen LogP contribution is -2.15. The Balaban J connectivity index is 1.70. The van der Waals surface area contributed by atoms with Gasteiger partial charge < -0.3 is 14.4 Å². The van der Waals surface area contributed by atoms with E-state index in [1.807, 2.05) is 44.4 Å². The van der Waals surface area contributed by atoms with Gasteiger partial charge in [0, 0.05) is 37.6 Å². The molecule has 0 N–H and O–H groups in total. The van der Waals surface area contributed by atoms with Gasteiger partial charge >= 0.3 is 0 Å². The van der Waals surface area contributed by atoms with E-state index in [-0.39, 0.29) is 0 Å². The smallest absolute Gasteiger partial charge is 0.164 e. The van der Waals surface area contributed by atoms with Gasteiger partial charge in [-0.3, -0.25) is 4.57 Å². The summed E-state index contributed by atoms with van der Waals surface area (Å²) in [6.07, 6.45) is 1.79. The first-order chi connectivity index (χ1) is 13.7. The third-order valence-electron chi connectivity index (χ3n) is 4.84. The van der Waals surface area contributed by atoms with E-state index >= 15 is 0 Å². The number of pyridine rings is 1. The molecular formula is C22H20N4O2. The second-order valence-corrected chi connectivity index (χ2v) is 6.89. The molecule has 4 aromatic rings. The minimum absolute atomic E-state index is 0.554. The number of benzene rings is 2. The van der Waals surface area contributed by atoms with Gasteiger partial charge in [-0.15, -0.1) is 0 Å². The van der Waals surface area contributed by atoms with Crippen molar-refractivity contribution >= 4 is 16.9 Å². The maximum atomic E-state index is 5.78. The van der Waals surface area contributed by atoms with Crippen LogP contribution in [0.3, 0.4) is 0 Å². The molecule has 0 radical (unpaired) electrons. The molecule has 2 aromatic heterocycles. The molecule has 0 saturated heterocycles. The lowest BCUT2D eigenvalue weighted by Gasteiger charge is -2.19. The molecule has 0 spiro atoms. The van der Waals surface area contributed by atoms with Gasteiger partial charge in [0.05, 0.1) is 5.69 Å². The van der Waals surface area contributed by atoms with Crippen molar-refractivity contribution in [1.29, 1.82) is 0 Å². The molecular weight excluding hydrogens is 352 g/mol. The Labute approximate surface area is 163 Å². The Morgan fingerprint density at radius 1 is 0.929 bits per heavy atom. The fourth-order valence-electron chi connectivity index (χ4n) is 3.43. The number of hydrogen-bond acceptors (Lipinski definition) is 5. The number of anilines is 1. The predicted molar refractivity (Wildman–Crippen MR) is 110 cm³/mol. The van der Waals surface area contributed by atoms with Crippen molar-refractivity contribution in [2.45, 2.75) is 0 Å². The largest absolute Gasteiger partial charge is 0.486 e. The van der Waals surface area contributed by atoms with Crippen LogP contribution in [0.1, 0.15) is 0 Å². The van der Waals surface area contributed by atoms with Crippen LogP contribution in [0.2, 0.25) is 0 Å². The highest BCUT2D eigenvalue weighted by molar-refractivity contribution is 5.80. The molecule has 0 aliphatic carbocycles. The fourth-order valence-corrected chi connectivity index (χ4v) is 3.43. The molecule has 6 nitrogen and oxygen atoms in total. The second-order valence-electron chi connectivity index (χ2n) is 6.89. The molecule has 0 amide bonds. The van der Waals surface area contributed by atoms with Gasteiger partial charge in [0.15, 0.2) is 17.1 Å². The van der Waals surface area contributed by atoms with Crippen LogP contribution < -0.4 is 14.4 Å². The van der Waals surface area contributed by atoms with E-state index in [0.717, 1.165) is 45.4 Å². The molecule has 0 atom stereocenters. The van der Waals surface area contributed by atoms with Crippen LogP contribution in [0, 0.1) is 0 Å². The van der Waals surface area contributed by atoms with Crippen molar-refractivity contribution in [3.63, 3.8) is 0 Å². The van der Waals surface area contributed by atoms with E-state index in [1.165, 1.54) is 0 Å². The Bertz CT molecular complexity index is 1150. The summed E-state index contributed by atoms with van der Waals surface area (Å²) in [6.45, 7) is 1.13. The van der Waals surface area contributed by atoms with E-state index in [9.17, 15) is 0 Å². The molecule has 6 heteroatoms. The summed E-state index contributed by atoms with van der Waals surface area (Å²) in [5.74, 6) is 2.36. The standard InChI is InChI=1S/C22H20N4O2/c1-25(2)16-7-5-15(6-8-16)21-24-18-4-3-11-23-22(18)26(21)17-9-10-19-20(14-17)28-13-12-27-19/h3-11,14H,12-13H2,1-2H3. The van der Waals surface area contributed by atoms with Crippen LogP contribution in [0.5, 0.6) is 11.5 Å². The van der Waals surface area contributed by atoms with Gasteiger partial charge in [0.1, 0.15) is 24.6 Å². The fraction of sp³-hybridized carbons (Fsp3) is 0.182. The highest BCUT2D eigenvalue weighted by Crippen LogP contribution is 2.35. The molecule has 140 valence electrons. The van der Waals surface area contributed by atoms with Crippen molar-refractivity contribution in [2.75, 3.05) is 32.2 Å². The Morgan fingerprint density at radius 2 is 1.71 bits per heavy atom. The average molecular weight is 372 g/mol. The number of rotatable bonds is 3. The van der Waals surface area contributed by atoms with E-state index in [4.69, 9.17) is 14.5 Å². The molecule has 2 aromatic carbocycles. The van der Waals surface area contributed by atoms with Gasteiger partial charge in [-0.1, -0.05) is 0 Å². The summed E-state index contributed by atoms with van der Waals surface area (Å²) in [6, 6.07) is 18.2. The number of fused-ring (bicyclic) bond motifs is 2. The SMILES string of the molecule is CN(C)c1ccc(-c2nc3cccnc3n2-c2ccc3c(c2)OCCO3)cc1. The normalized spacial score (nSPS) is 12.9. The average Bonchev–Trinajstić information content (AvgIpc) is 3.13. The molecule has 0 fully saturated rings. The van der Waals surface area contributed by atoms with Crippen LogP contribution in [0.15, 0.2) is 60.8 Å². The molecule has 0 bridgehead atoms. The monoisotopic (exact) mass is 372 g/mol. The number of imidazole rings is 1. The molecule has 3 heterocycles. The van der Waals surface area contributed by atoms with Gasteiger partial charge in [0.2, 0.25) is 0 Å². The minimum Gasteiger partial charge on any atom is -0.486 e. The van der Waals surface area contributed by atoms with E-state index < -0.39 is 0 Å². The van der Waals surface area contributed by atoms with E-state index in [0.29, 0.717) is 13.2 Å². The van der Waals surface area contributed by atoms with Crippen molar-refractivity contribution < 1.29 is 9.47 Å². The first-order valence-electron chi connectivity index (χ1n) is 9.22. The zero-order chi connectivity index (χ0) is 19.1. The molecule has 0 saturated carbocycles. The third kappa shape index (κ3) is 2.74. The Hall–Kier alpha value is -3.54. The van der Waals surface area contributed by atoms with Crippen LogP contribution in [-0.4, -0.2) is 41.8 Å². The lowest BCUT2D eigenvalue weighted by molar-refractivity contribution is 0.171. The zero-order valence-corrected chi connectivity index (χ0v) is 15.8. The van der Waals surface area contributed by atoms with Crippen LogP contribution in [-0.2, 0) is 0 Å². The molecule has 0 unspecified atom stereocenters. The first kappa shape index (κ1) is 16.6. The molecule has 1 aliphatic heterocycles. The molecule has 1 aliphatic rings. The van der Waals surface area contributed by atoms with Crippen molar-refractivity contribution in [2.24, 2.45) is 0 Å². The summed E-state index contributed by atoms with van der Waals surface area (Å²) < 4.78 is 13.5. The quantitative estimate of drug-likeness (QED) is 0.545. The minimum atomic E-state index is 0.554. The maximum Gasteiger partial charge on any atom is 0.164 e. The second kappa shape index (κ2) is 6.56. The molecule has 28 heavy (non-hydrogen) atoms. The Morgan fingerprint density at radius 3 is 2.50 bits per heavy atom. The third-order valence-corrected chi connectivity index (χ3v) is 4.84. The summed E-state index contributed by atoms with van der Waals surface area (Å²) in [5.41, 5.74) is 4.77. The van der Waals surface area contributed by atoms with Crippen LogP contribution in [0.4, 0.5) is 5.69 Å². The van der Waals surface area contributed by atoms with Crippen LogP contribution in [0.25, 0.3) is 28.2 Å². The maximum absolute atomic E-state index is 5.78. The van der Waals surface area contributed by atoms with Crippen molar-refractivity contribution in [1.82, 2.24) is 14.5 Å². The first-order valence-corrected chi connectivity index (χ1v) is 9.22. The van der Waals surface area contributed by atoms with Crippen molar-refractivity contribution in [3.05, 3.63) is 60.8 Å². The topological polar surface area (TPSA) is 52.4 Å². The predicted octanol–water partition coefficient (Wildman–Crippen LogP) is 3.92. The van der Waals surface area contributed by atoms with E-state index in [2.05, 4.69) is 38.7 Å². The molecule has 5 rings (SSSR count). The Kier molecular flexibility index (Phi) is 3.90. The van der Waals surface area contributed by atoms with Gasteiger partial charge in [-0.05, 0) is 48.5 Å². The number of nitrogens with zero attached hydrogens (tertiary/aromatic N) is 4.